The van der Waals surface area contributed by atoms with Gasteiger partial charge in [-0.25, -0.2) is 9.64 Å². The van der Waals surface area contributed by atoms with E-state index in [-0.39, 0.29) is 24.5 Å². The van der Waals surface area contributed by atoms with Crippen molar-refractivity contribution in [2.24, 2.45) is 5.92 Å². The number of hydrogen-bond donors (Lipinski definition) is 1. The lowest BCUT2D eigenvalue weighted by Gasteiger charge is -2.49. The van der Waals surface area contributed by atoms with Gasteiger partial charge in [0, 0.05) is 30.2 Å². The van der Waals surface area contributed by atoms with E-state index in [4.69, 9.17) is 11.3 Å². The summed E-state index contributed by atoms with van der Waals surface area (Å²) in [6.45, 7) is 7.97. The SMILES string of the molecule is [C-]#[N+]c1ccc(C(=O)C[C@@H]2C(=O)N3C(C(=O)O)=C(COC(C)=O)CS[C@H]23)cc1. The van der Waals surface area contributed by atoms with Crippen molar-refractivity contribution in [1.29, 1.82) is 0 Å². The molecule has 1 amide bonds. The van der Waals surface area contributed by atoms with Gasteiger partial charge in [0.2, 0.25) is 5.91 Å². The summed E-state index contributed by atoms with van der Waals surface area (Å²) >= 11 is 1.35. The molecule has 0 aliphatic carbocycles. The van der Waals surface area contributed by atoms with Crippen molar-refractivity contribution >= 4 is 41.1 Å². The molecule has 1 fully saturated rings. The van der Waals surface area contributed by atoms with Gasteiger partial charge in [-0.2, -0.15) is 0 Å². The Labute approximate surface area is 165 Å². The summed E-state index contributed by atoms with van der Waals surface area (Å²) in [5.41, 5.74) is 1.02. The number of aliphatic carboxylic acids is 1. The smallest absolute Gasteiger partial charge is 0.352 e. The van der Waals surface area contributed by atoms with Crippen LogP contribution in [0.15, 0.2) is 35.5 Å². The highest BCUT2D eigenvalue weighted by Gasteiger charge is 2.53. The third kappa shape index (κ3) is 3.64. The number of carbonyl (C=O) groups excluding carboxylic acids is 3. The van der Waals surface area contributed by atoms with Crippen molar-refractivity contribution < 1.29 is 29.0 Å². The van der Waals surface area contributed by atoms with Crippen molar-refractivity contribution in [2.45, 2.75) is 18.7 Å². The molecule has 1 aromatic rings. The number of β-lactam (4-membered cyclic amide) rings is 1. The zero-order chi connectivity index (χ0) is 20.4. The summed E-state index contributed by atoms with van der Waals surface area (Å²) in [5, 5.41) is 9.08. The number of ketones is 1. The van der Waals surface area contributed by atoms with Crippen LogP contribution in [0.1, 0.15) is 23.7 Å². The van der Waals surface area contributed by atoms with E-state index in [1.165, 1.54) is 35.7 Å². The van der Waals surface area contributed by atoms with Crippen LogP contribution in [0.4, 0.5) is 5.69 Å². The van der Waals surface area contributed by atoms with Gasteiger partial charge in [-0.1, -0.05) is 24.3 Å². The molecular weight excluding hydrogens is 384 g/mol. The second kappa shape index (κ2) is 7.86. The number of thioether (sulfide) groups is 1. The van der Waals surface area contributed by atoms with Gasteiger partial charge in [-0.05, 0) is 0 Å². The van der Waals surface area contributed by atoms with Crippen LogP contribution in [0.3, 0.4) is 0 Å². The average molecular weight is 400 g/mol. The minimum atomic E-state index is -1.26. The molecule has 1 N–H and O–H groups in total. The van der Waals surface area contributed by atoms with Crippen LogP contribution in [0.25, 0.3) is 4.85 Å². The summed E-state index contributed by atoms with van der Waals surface area (Å²) in [5.74, 6) is -2.77. The molecular formula is C19H16N2O6S. The number of carbonyl (C=O) groups is 4. The first kappa shape index (κ1) is 19.6. The quantitative estimate of drug-likeness (QED) is 0.338. The Hall–Kier alpha value is -3.12. The maximum absolute atomic E-state index is 12.6. The third-order valence-corrected chi connectivity index (χ3v) is 5.93. The molecule has 8 nitrogen and oxygen atoms in total. The number of esters is 1. The molecule has 0 aromatic heterocycles. The van der Waals surface area contributed by atoms with Gasteiger partial charge < -0.3 is 9.84 Å². The molecule has 0 saturated carbocycles. The number of rotatable bonds is 6. The van der Waals surface area contributed by atoms with Crippen LogP contribution in [-0.2, 0) is 19.1 Å². The fourth-order valence-corrected chi connectivity index (χ4v) is 4.55. The molecule has 0 bridgehead atoms. The Morgan fingerprint density at radius 2 is 2.00 bits per heavy atom. The summed E-state index contributed by atoms with van der Waals surface area (Å²) in [6, 6.07) is 6.17. The van der Waals surface area contributed by atoms with E-state index in [0.29, 0.717) is 22.6 Å². The van der Waals surface area contributed by atoms with Crippen molar-refractivity contribution in [3.8, 4) is 0 Å². The van der Waals surface area contributed by atoms with Crippen LogP contribution in [0.2, 0.25) is 0 Å². The molecule has 1 saturated heterocycles. The number of carboxylic acids is 1. The van der Waals surface area contributed by atoms with E-state index in [9.17, 15) is 24.3 Å². The zero-order valence-corrected chi connectivity index (χ0v) is 15.7. The number of nitrogens with zero attached hydrogens (tertiary/aromatic N) is 2. The molecule has 2 aliphatic heterocycles. The molecule has 2 atom stereocenters. The van der Waals surface area contributed by atoms with Gasteiger partial charge in [0.25, 0.3) is 0 Å². The first-order valence-electron chi connectivity index (χ1n) is 8.37. The highest BCUT2D eigenvalue weighted by molar-refractivity contribution is 8.00. The summed E-state index contributed by atoms with van der Waals surface area (Å²) in [7, 11) is 0. The predicted octanol–water partition coefficient (Wildman–Crippen LogP) is 2.24. The Morgan fingerprint density at radius 1 is 1.32 bits per heavy atom. The van der Waals surface area contributed by atoms with Crippen molar-refractivity contribution in [1.82, 2.24) is 4.90 Å². The van der Waals surface area contributed by atoms with Crippen molar-refractivity contribution in [3.05, 3.63) is 52.5 Å². The molecule has 3 rings (SSSR count). The molecule has 2 aliphatic rings. The lowest BCUT2D eigenvalue weighted by molar-refractivity contribution is -0.152. The first-order chi connectivity index (χ1) is 13.3. The Bertz CT molecular complexity index is 931. The molecule has 9 heteroatoms. The second-order valence-electron chi connectivity index (χ2n) is 6.34. The fraction of sp³-hybridized carbons (Fsp3) is 0.316. The molecule has 2 heterocycles. The van der Waals surface area contributed by atoms with Crippen LogP contribution < -0.4 is 0 Å². The number of Topliss-reactive ketones (excluding diaryl/α,β-unsaturated/α-hetero) is 1. The normalized spacial score (nSPS) is 20.7. The van der Waals surface area contributed by atoms with Crippen molar-refractivity contribution in [3.63, 3.8) is 0 Å². The largest absolute Gasteiger partial charge is 0.477 e. The van der Waals surface area contributed by atoms with E-state index >= 15 is 0 Å². The number of amides is 1. The van der Waals surface area contributed by atoms with E-state index in [2.05, 4.69) is 4.85 Å². The lowest BCUT2D eigenvalue weighted by atomic mass is 9.89. The molecule has 144 valence electrons. The number of fused-ring (bicyclic) bond motifs is 1. The highest BCUT2D eigenvalue weighted by Crippen LogP contribution is 2.45. The number of hydrogen-bond acceptors (Lipinski definition) is 6. The van der Waals surface area contributed by atoms with E-state index in [1.807, 2.05) is 0 Å². The average Bonchev–Trinajstić information content (AvgIpc) is 2.69. The predicted molar refractivity (Wildman–Crippen MR) is 99.5 cm³/mol. The number of carboxylic acid groups (broad SMARTS) is 1. The summed E-state index contributed by atoms with van der Waals surface area (Å²) < 4.78 is 4.89. The van der Waals surface area contributed by atoms with Crippen LogP contribution >= 0.6 is 11.8 Å². The number of benzene rings is 1. The Balaban J connectivity index is 1.74. The maximum Gasteiger partial charge on any atom is 0.352 e. The second-order valence-corrected chi connectivity index (χ2v) is 7.44. The van der Waals surface area contributed by atoms with Crippen LogP contribution in [0.5, 0.6) is 0 Å². The van der Waals surface area contributed by atoms with Gasteiger partial charge in [-0.3, -0.25) is 19.3 Å². The maximum atomic E-state index is 12.6. The lowest BCUT2D eigenvalue weighted by Crippen LogP contribution is -2.62. The van der Waals surface area contributed by atoms with E-state index in [0.717, 1.165) is 0 Å². The molecule has 28 heavy (non-hydrogen) atoms. The van der Waals surface area contributed by atoms with Crippen molar-refractivity contribution in [2.75, 3.05) is 12.4 Å². The van der Waals surface area contributed by atoms with Gasteiger partial charge in [0.1, 0.15) is 12.3 Å². The van der Waals surface area contributed by atoms with E-state index in [1.54, 1.807) is 12.1 Å². The summed E-state index contributed by atoms with van der Waals surface area (Å²) in [4.78, 5) is 52.2. The fourth-order valence-electron chi connectivity index (χ4n) is 3.16. The Morgan fingerprint density at radius 3 is 2.57 bits per heavy atom. The topological polar surface area (TPSA) is 105 Å². The summed E-state index contributed by atoms with van der Waals surface area (Å²) in [6.07, 6.45) is -0.0312. The number of ether oxygens (including phenoxy) is 1. The van der Waals surface area contributed by atoms with Crippen LogP contribution in [0, 0.1) is 12.5 Å². The molecule has 0 spiro atoms. The molecule has 0 radical (unpaired) electrons. The standard InChI is InChI=1S/C19H16N2O6S/c1-10(22)27-8-12-9-28-18-14(17(24)21(18)16(12)19(25)26)7-15(23)11-3-5-13(20-2)6-4-11/h3-6,14,18H,7-9H2,1H3,(H,25,26)/t14-,18-/m1/s1. The minimum Gasteiger partial charge on any atom is -0.477 e. The Kier molecular flexibility index (Phi) is 5.51. The van der Waals surface area contributed by atoms with Gasteiger partial charge in [0.15, 0.2) is 11.5 Å². The minimum absolute atomic E-state index is 0.0312. The molecule has 0 unspecified atom stereocenters. The van der Waals surface area contributed by atoms with Gasteiger partial charge in [-0.15, -0.1) is 11.8 Å². The monoisotopic (exact) mass is 400 g/mol. The van der Waals surface area contributed by atoms with Gasteiger partial charge >= 0.3 is 11.9 Å². The third-order valence-electron chi connectivity index (χ3n) is 4.53. The van der Waals surface area contributed by atoms with E-state index < -0.39 is 29.1 Å². The first-order valence-corrected chi connectivity index (χ1v) is 9.42. The zero-order valence-electron chi connectivity index (χ0n) is 14.9. The highest BCUT2D eigenvalue weighted by atomic mass is 32.2. The van der Waals surface area contributed by atoms with Gasteiger partial charge in [0.05, 0.1) is 17.9 Å². The van der Waals surface area contributed by atoms with Crippen LogP contribution in [-0.4, -0.2) is 51.4 Å². The molecule has 1 aromatic carbocycles.